The van der Waals surface area contributed by atoms with Crippen LogP contribution in [-0.4, -0.2) is 53.8 Å². The number of hydrogen-bond donors (Lipinski definition) is 1. The lowest BCUT2D eigenvalue weighted by Gasteiger charge is -2.22. The number of fused-ring (bicyclic) bond motifs is 4. The van der Waals surface area contributed by atoms with Gasteiger partial charge in [-0.3, -0.25) is 14.0 Å². The number of ether oxygens (including phenoxy) is 2. The Morgan fingerprint density at radius 2 is 1.89 bits per heavy atom. The number of carbonyl (C=O) groups excluding carboxylic acids is 1. The second-order valence-electron chi connectivity index (χ2n) is 9.99. The van der Waals surface area contributed by atoms with E-state index in [0.29, 0.717) is 43.0 Å². The van der Waals surface area contributed by atoms with Gasteiger partial charge in [0.1, 0.15) is 11.3 Å². The molecule has 1 unspecified atom stereocenters. The standard InChI is InChI=1S/C28H30N4O4.C2H6/c1-16-4-5-23-21(10-16)19(15-35-3)14-31(23)28(34)20-12-22-24(11-17(20)2)32-25(27(33)30-22)13-29-26(32)18-6-8-36-9-7-18;1-2/h4-5,10-13,18-19H,6-9,14-15H2,1-3H3,(H,30,33);1-2H3. The van der Waals surface area contributed by atoms with Crippen molar-refractivity contribution in [1.82, 2.24) is 14.4 Å². The smallest absolute Gasteiger partial charge is 0.274 e. The Balaban J connectivity index is 0.00000144. The molecule has 1 saturated heterocycles. The quantitative estimate of drug-likeness (QED) is 0.408. The Morgan fingerprint density at radius 3 is 2.63 bits per heavy atom. The van der Waals surface area contributed by atoms with E-state index >= 15 is 0 Å². The molecule has 2 aliphatic heterocycles. The summed E-state index contributed by atoms with van der Waals surface area (Å²) in [6.07, 6.45) is 3.40. The summed E-state index contributed by atoms with van der Waals surface area (Å²) >= 11 is 0. The van der Waals surface area contributed by atoms with Crippen molar-refractivity contribution in [1.29, 1.82) is 0 Å². The molecule has 1 atom stereocenters. The van der Waals surface area contributed by atoms with Gasteiger partial charge in [-0.05, 0) is 56.0 Å². The van der Waals surface area contributed by atoms with Gasteiger partial charge >= 0.3 is 0 Å². The SMILES string of the molecule is CC.COCC1CN(C(=O)c2cc3[nH]c(=O)c4cnc(C5CCOCC5)n4c3cc2C)c2ccc(C)cc21. The van der Waals surface area contributed by atoms with Crippen molar-refractivity contribution in [3.05, 3.63) is 75.0 Å². The van der Waals surface area contributed by atoms with Crippen molar-refractivity contribution >= 4 is 28.1 Å². The molecular weight excluding hydrogens is 480 g/mol. The topological polar surface area (TPSA) is 88.9 Å². The van der Waals surface area contributed by atoms with Gasteiger partial charge in [-0.25, -0.2) is 4.98 Å². The zero-order chi connectivity index (χ0) is 27.0. The zero-order valence-electron chi connectivity index (χ0n) is 22.8. The van der Waals surface area contributed by atoms with E-state index in [0.717, 1.165) is 46.6 Å². The van der Waals surface area contributed by atoms with E-state index in [2.05, 4.69) is 23.0 Å². The third-order valence-corrected chi connectivity index (χ3v) is 7.60. The van der Waals surface area contributed by atoms with Crippen LogP contribution in [0.4, 0.5) is 5.69 Å². The van der Waals surface area contributed by atoms with Crippen LogP contribution in [0.1, 0.15) is 71.4 Å². The molecule has 38 heavy (non-hydrogen) atoms. The molecule has 2 aromatic heterocycles. The Labute approximate surface area is 222 Å². The van der Waals surface area contributed by atoms with Gasteiger partial charge in [-0.2, -0.15) is 0 Å². The summed E-state index contributed by atoms with van der Waals surface area (Å²) in [5.74, 6) is 1.17. The van der Waals surface area contributed by atoms with E-state index in [1.165, 1.54) is 0 Å². The summed E-state index contributed by atoms with van der Waals surface area (Å²) in [5, 5.41) is 0. The molecule has 1 amide bonds. The number of aromatic nitrogens is 3. The molecule has 2 aromatic carbocycles. The minimum absolute atomic E-state index is 0.0747. The largest absolute Gasteiger partial charge is 0.384 e. The molecule has 1 N–H and O–H groups in total. The molecule has 2 aliphatic rings. The molecule has 0 saturated carbocycles. The molecule has 8 heteroatoms. The van der Waals surface area contributed by atoms with Crippen LogP contribution >= 0.6 is 0 Å². The molecule has 0 aliphatic carbocycles. The number of hydrogen-bond acceptors (Lipinski definition) is 5. The van der Waals surface area contributed by atoms with Crippen molar-refractivity contribution in [3.63, 3.8) is 0 Å². The molecule has 4 aromatic rings. The fourth-order valence-electron chi connectivity index (χ4n) is 5.76. The molecule has 0 spiro atoms. The number of carbonyl (C=O) groups is 1. The number of H-pyrrole nitrogens is 1. The van der Waals surface area contributed by atoms with Crippen LogP contribution in [0.25, 0.3) is 16.6 Å². The highest BCUT2D eigenvalue weighted by molar-refractivity contribution is 6.10. The lowest BCUT2D eigenvalue weighted by Crippen LogP contribution is -2.31. The minimum atomic E-state index is -0.210. The van der Waals surface area contributed by atoms with Gasteiger partial charge in [-0.1, -0.05) is 31.5 Å². The second kappa shape index (κ2) is 10.7. The number of anilines is 1. The molecule has 8 nitrogen and oxygen atoms in total. The third kappa shape index (κ3) is 4.41. The minimum Gasteiger partial charge on any atom is -0.384 e. The Kier molecular flexibility index (Phi) is 7.36. The highest BCUT2D eigenvalue weighted by Gasteiger charge is 2.34. The number of aryl methyl sites for hydroxylation is 2. The third-order valence-electron chi connectivity index (χ3n) is 7.60. The lowest BCUT2D eigenvalue weighted by atomic mass is 9.99. The van der Waals surface area contributed by atoms with Gasteiger partial charge in [0.25, 0.3) is 11.5 Å². The fourth-order valence-corrected chi connectivity index (χ4v) is 5.76. The predicted octanol–water partition coefficient (Wildman–Crippen LogP) is 5.10. The summed E-state index contributed by atoms with van der Waals surface area (Å²) < 4.78 is 12.9. The molecule has 1 fully saturated rings. The summed E-state index contributed by atoms with van der Waals surface area (Å²) in [4.78, 5) is 36.3. The monoisotopic (exact) mass is 516 g/mol. The molecule has 4 heterocycles. The van der Waals surface area contributed by atoms with Crippen molar-refractivity contribution in [2.45, 2.75) is 52.4 Å². The Morgan fingerprint density at radius 1 is 1.13 bits per heavy atom. The molecule has 200 valence electrons. The number of methoxy groups -OCH3 is 1. The van der Waals surface area contributed by atoms with Crippen molar-refractivity contribution in [2.75, 3.05) is 38.4 Å². The van der Waals surface area contributed by atoms with Crippen LogP contribution in [0.3, 0.4) is 0 Å². The van der Waals surface area contributed by atoms with Gasteiger partial charge < -0.3 is 19.4 Å². The van der Waals surface area contributed by atoms with Gasteiger partial charge in [0, 0.05) is 50.0 Å². The highest BCUT2D eigenvalue weighted by Crippen LogP contribution is 2.38. The van der Waals surface area contributed by atoms with Crippen LogP contribution < -0.4 is 10.5 Å². The van der Waals surface area contributed by atoms with Crippen molar-refractivity contribution in [2.24, 2.45) is 0 Å². The van der Waals surface area contributed by atoms with Gasteiger partial charge in [0.05, 0.1) is 23.8 Å². The number of amides is 1. The van der Waals surface area contributed by atoms with Crippen LogP contribution in [0, 0.1) is 13.8 Å². The summed E-state index contributed by atoms with van der Waals surface area (Å²) in [6.45, 7) is 10.5. The van der Waals surface area contributed by atoms with Crippen molar-refractivity contribution < 1.29 is 14.3 Å². The Hall–Kier alpha value is -3.49. The Bertz CT molecular complexity index is 1550. The van der Waals surface area contributed by atoms with Gasteiger partial charge in [0.15, 0.2) is 0 Å². The maximum Gasteiger partial charge on any atom is 0.274 e. The molecule has 0 radical (unpaired) electrons. The number of rotatable bonds is 4. The lowest BCUT2D eigenvalue weighted by molar-refractivity contribution is 0.0835. The first-order chi connectivity index (χ1) is 18.5. The van der Waals surface area contributed by atoms with Crippen molar-refractivity contribution in [3.8, 4) is 0 Å². The van der Waals surface area contributed by atoms with Crippen LogP contribution in [0.15, 0.2) is 41.3 Å². The summed E-state index contributed by atoms with van der Waals surface area (Å²) in [6, 6.07) is 10.0. The fraction of sp³-hybridized carbons (Fsp3) is 0.433. The van der Waals surface area contributed by atoms with Gasteiger partial charge in [0.2, 0.25) is 0 Å². The number of aromatic amines is 1. The molecular formula is C30H36N4O4. The zero-order valence-corrected chi connectivity index (χ0v) is 22.8. The van der Waals surface area contributed by atoms with Crippen LogP contribution in [0.5, 0.6) is 0 Å². The van der Waals surface area contributed by atoms with Crippen LogP contribution in [0.2, 0.25) is 0 Å². The molecule has 0 bridgehead atoms. The second-order valence-corrected chi connectivity index (χ2v) is 9.99. The first kappa shape index (κ1) is 26.1. The van der Waals surface area contributed by atoms with E-state index in [1.54, 1.807) is 13.3 Å². The molecule has 6 rings (SSSR count). The summed E-state index contributed by atoms with van der Waals surface area (Å²) in [7, 11) is 1.69. The van der Waals surface area contributed by atoms with E-state index in [9.17, 15) is 9.59 Å². The summed E-state index contributed by atoms with van der Waals surface area (Å²) in [5.41, 5.74) is 6.45. The predicted molar refractivity (Wildman–Crippen MR) is 150 cm³/mol. The average molecular weight is 517 g/mol. The number of nitrogens with zero attached hydrogens (tertiary/aromatic N) is 3. The average Bonchev–Trinajstić information content (AvgIpc) is 3.53. The maximum absolute atomic E-state index is 13.9. The van der Waals surface area contributed by atoms with E-state index in [4.69, 9.17) is 9.47 Å². The maximum atomic E-state index is 13.9. The van der Waals surface area contributed by atoms with Gasteiger partial charge in [-0.15, -0.1) is 0 Å². The number of nitrogens with one attached hydrogen (secondary N) is 1. The van der Waals surface area contributed by atoms with E-state index in [-0.39, 0.29) is 23.3 Å². The van der Waals surface area contributed by atoms with E-state index in [1.807, 2.05) is 54.3 Å². The number of benzene rings is 2. The first-order valence-electron chi connectivity index (χ1n) is 13.5. The first-order valence-corrected chi connectivity index (χ1v) is 13.5. The van der Waals surface area contributed by atoms with Crippen LogP contribution in [-0.2, 0) is 9.47 Å². The van der Waals surface area contributed by atoms with E-state index < -0.39 is 0 Å². The highest BCUT2D eigenvalue weighted by atomic mass is 16.5. The number of imidazole rings is 1. The normalized spacial score (nSPS) is 17.5.